The number of rotatable bonds is 6. The topological polar surface area (TPSA) is 102 Å². The van der Waals surface area contributed by atoms with Gasteiger partial charge < -0.3 is 10.6 Å². The highest BCUT2D eigenvalue weighted by Crippen LogP contribution is 2.26. The molecule has 0 bridgehead atoms. The van der Waals surface area contributed by atoms with Crippen LogP contribution in [0.1, 0.15) is 20.7 Å². The van der Waals surface area contributed by atoms with Gasteiger partial charge in [0.25, 0.3) is 11.8 Å². The van der Waals surface area contributed by atoms with Gasteiger partial charge in [0, 0.05) is 53.4 Å². The molecule has 0 aliphatic carbocycles. The number of hydrogen-bond donors (Lipinski definition) is 2. The van der Waals surface area contributed by atoms with Crippen LogP contribution in [0.3, 0.4) is 0 Å². The highest BCUT2D eigenvalue weighted by Gasteiger charge is 2.14. The van der Waals surface area contributed by atoms with Gasteiger partial charge in [-0.25, -0.2) is 9.97 Å². The Bertz CT molecular complexity index is 1510. The molecule has 0 aliphatic rings. The zero-order chi connectivity index (χ0) is 24.9. The maximum atomic E-state index is 13.0. The quantitative estimate of drug-likeness (QED) is 0.359. The first-order valence-electron chi connectivity index (χ1n) is 11.2. The van der Waals surface area contributed by atoms with Crippen LogP contribution in [0, 0.1) is 0 Å². The Morgan fingerprint density at radius 1 is 0.750 bits per heavy atom. The average Bonchev–Trinajstić information content (AvgIpc) is 3.29. The molecular weight excluding hydrogens is 452 g/mol. The third-order valence-corrected chi connectivity index (χ3v) is 5.64. The zero-order valence-corrected chi connectivity index (χ0v) is 19.4. The molecule has 0 spiro atoms. The maximum Gasteiger partial charge on any atom is 0.256 e. The Morgan fingerprint density at radius 3 is 2.19 bits per heavy atom. The van der Waals surface area contributed by atoms with Crippen molar-refractivity contribution in [1.82, 2.24) is 19.7 Å². The molecule has 0 unspecified atom stereocenters. The predicted octanol–water partition coefficient (Wildman–Crippen LogP) is 5.05. The van der Waals surface area contributed by atoms with Crippen molar-refractivity contribution >= 4 is 23.3 Å². The normalized spacial score (nSPS) is 10.6. The molecule has 0 fully saturated rings. The summed E-state index contributed by atoms with van der Waals surface area (Å²) in [6.45, 7) is 0. The average molecular weight is 475 g/mol. The Kier molecular flexibility index (Phi) is 6.31. The number of anilines is 2. The monoisotopic (exact) mass is 474 g/mol. The fraction of sp³-hybridized carbons (Fsp3) is 0.0357. The van der Waals surface area contributed by atoms with E-state index >= 15 is 0 Å². The molecule has 0 saturated heterocycles. The first kappa shape index (κ1) is 22.7. The summed E-state index contributed by atoms with van der Waals surface area (Å²) in [5.74, 6) is 0.147. The van der Waals surface area contributed by atoms with Crippen LogP contribution in [-0.4, -0.2) is 31.6 Å². The van der Waals surface area contributed by atoms with Crippen LogP contribution >= 0.6 is 0 Å². The lowest BCUT2D eigenvalue weighted by Gasteiger charge is -2.10. The van der Waals surface area contributed by atoms with Crippen molar-refractivity contribution in [3.05, 3.63) is 115 Å². The molecule has 8 heteroatoms. The van der Waals surface area contributed by atoms with Crippen LogP contribution in [0.25, 0.3) is 22.4 Å². The molecule has 2 aromatic heterocycles. The summed E-state index contributed by atoms with van der Waals surface area (Å²) in [5, 5.41) is 10.3. The van der Waals surface area contributed by atoms with Gasteiger partial charge in [0.15, 0.2) is 0 Å². The molecular formula is C28H22N6O2. The van der Waals surface area contributed by atoms with Crippen molar-refractivity contribution in [2.45, 2.75) is 0 Å². The minimum absolute atomic E-state index is 0.203. The lowest BCUT2D eigenvalue weighted by Crippen LogP contribution is -2.14. The number of aryl methyl sites for hydroxylation is 1. The lowest BCUT2D eigenvalue weighted by molar-refractivity contribution is 0.101. The zero-order valence-electron chi connectivity index (χ0n) is 19.4. The van der Waals surface area contributed by atoms with Crippen LogP contribution in [0.5, 0.6) is 0 Å². The molecule has 8 nitrogen and oxygen atoms in total. The predicted molar refractivity (Wildman–Crippen MR) is 138 cm³/mol. The molecule has 3 aromatic carbocycles. The van der Waals surface area contributed by atoms with E-state index in [1.54, 1.807) is 42.3 Å². The minimum atomic E-state index is -0.231. The van der Waals surface area contributed by atoms with E-state index in [2.05, 4.69) is 25.7 Å². The Balaban J connectivity index is 1.30. The van der Waals surface area contributed by atoms with E-state index in [4.69, 9.17) is 0 Å². The third kappa shape index (κ3) is 4.88. The fourth-order valence-corrected chi connectivity index (χ4v) is 3.80. The van der Waals surface area contributed by atoms with Crippen LogP contribution in [0.4, 0.5) is 11.5 Å². The second kappa shape index (κ2) is 10.0. The van der Waals surface area contributed by atoms with E-state index in [0.717, 1.165) is 16.7 Å². The highest BCUT2D eigenvalue weighted by molar-refractivity contribution is 6.08. The molecule has 2 N–H and O–H groups in total. The molecule has 5 rings (SSSR count). The van der Waals surface area contributed by atoms with Gasteiger partial charge >= 0.3 is 0 Å². The molecule has 0 radical (unpaired) electrons. The molecule has 176 valence electrons. The number of benzene rings is 3. The third-order valence-electron chi connectivity index (χ3n) is 5.64. The molecule has 0 aliphatic heterocycles. The van der Waals surface area contributed by atoms with E-state index in [9.17, 15) is 9.59 Å². The molecule has 2 heterocycles. The van der Waals surface area contributed by atoms with Crippen molar-refractivity contribution in [3.8, 4) is 22.4 Å². The van der Waals surface area contributed by atoms with Crippen molar-refractivity contribution in [1.29, 1.82) is 0 Å². The van der Waals surface area contributed by atoms with Gasteiger partial charge in [-0.3, -0.25) is 14.3 Å². The second-order valence-corrected chi connectivity index (χ2v) is 8.06. The molecule has 36 heavy (non-hydrogen) atoms. The lowest BCUT2D eigenvalue weighted by atomic mass is 10.0. The Hall–Kier alpha value is -5.11. The van der Waals surface area contributed by atoms with Crippen LogP contribution < -0.4 is 10.6 Å². The van der Waals surface area contributed by atoms with Crippen molar-refractivity contribution in [3.63, 3.8) is 0 Å². The summed E-state index contributed by atoms with van der Waals surface area (Å²) in [5.41, 5.74) is 4.83. The number of hydrogen-bond acceptors (Lipinski definition) is 5. The van der Waals surface area contributed by atoms with Crippen molar-refractivity contribution in [2.75, 3.05) is 10.6 Å². The largest absolute Gasteiger partial charge is 0.322 e. The van der Waals surface area contributed by atoms with E-state index in [1.807, 2.05) is 66.7 Å². The van der Waals surface area contributed by atoms with Gasteiger partial charge in [-0.15, -0.1) is 0 Å². The van der Waals surface area contributed by atoms with Gasteiger partial charge in [-0.05, 0) is 35.9 Å². The van der Waals surface area contributed by atoms with Gasteiger partial charge in [-0.1, -0.05) is 48.5 Å². The minimum Gasteiger partial charge on any atom is -0.322 e. The number of nitrogens with zero attached hydrogens (tertiary/aromatic N) is 4. The number of aromatic nitrogens is 4. The number of nitrogens with one attached hydrogen (secondary N) is 2. The summed E-state index contributed by atoms with van der Waals surface area (Å²) in [7, 11) is 1.77. The van der Waals surface area contributed by atoms with E-state index in [0.29, 0.717) is 28.3 Å². The summed E-state index contributed by atoms with van der Waals surface area (Å²) in [6.07, 6.45) is 4.81. The SMILES string of the molecule is Cn1nc(-c2ccc(NC(=O)c3ccccc3-c3cncnc3)cc2)cc1NC(=O)c1ccccc1. The van der Waals surface area contributed by atoms with Crippen LogP contribution in [0.2, 0.25) is 0 Å². The van der Waals surface area contributed by atoms with Gasteiger partial charge in [0.05, 0.1) is 5.69 Å². The summed E-state index contributed by atoms with van der Waals surface area (Å²) >= 11 is 0. The fourth-order valence-electron chi connectivity index (χ4n) is 3.80. The van der Waals surface area contributed by atoms with Crippen LogP contribution in [0.15, 0.2) is 104 Å². The Labute approximate surface area is 207 Å². The van der Waals surface area contributed by atoms with E-state index in [-0.39, 0.29) is 11.8 Å². The molecule has 0 saturated carbocycles. The molecule has 5 aromatic rings. The van der Waals surface area contributed by atoms with Crippen LogP contribution in [-0.2, 0) is 7.05 Å². The summed E-state index contributed by atoms with van der Waals surface area (Å²) in [4.78, 5) is 33.6. The first-order valence-corrected chi connectivity index (χ1v) is 11.2. The van der Waals surface area contributed by atoms with Gasteiger partial charge in [0.2, 0.25) is 0 Å². The number of carbonyl (C=O) groups is 2. The number of amides is 2. The van der Waals surface area contributed by atoms with Gasteiger partial charge in [0.1, 0.15) is 12.1 Å². The van der Waals surface area contributed by atoms with E-state index < -0.39 is 0 Å². The molecule has 2 amide bonds. The summed E-state index contributed by atoms with van der Waals surface area (Å²) < 4.78 is 1.62. The standard InChI is InChI=1S/C28H22N6O2/c1-34-26(32-27(35)20-7-3-2-4-8-20)15-25(33-34)19-11-13-22(14-12-19)31-28(36)24-10-6-5-9-23(24)21-16-29-18-30-17-21/h2-18H,1H3,(H,31,36)(H,32,35). The van der Waals surface area contributed by atoms with Crippen molar-refractivity contribution < 1.29 is 9.59 Å². The van der Waals surface area contributed by atoms with E-state index in [1.165, 1.54) is 6.33 Å². The second-order valence-electron chi connectivity index (χ2n) is 8.06. The first-order chi connectivity index (χ1) is 17.6. The molecule has 0 atom stereocenters. The maximum absolute atomic E-state index is 13.0. The van der Waals surface area contributed by atoms with Gasteiger partial charge in [-0.2, -0.15) is 5.10 Å². The smallest absolute Gasteiger partial charge is 0.256 e. The number of carbonyl (C=O) groups excluding carboxylic acids is 2. The Morgan fingerprint density at radius 2 is 1.44 bits per heavy atom. The van der Waals surface area contributed by atoms with Crippen molar-refractivity contribution in [2.24, 2.45) is 7.05 Å². The highest BCUT2D eigenvalue weighted by atomic mass is 16.2. The summed E-state index contributed by atoms with van der Waals surface area (Å²) in [6, 6.07) is 25.5.